The summed E-state index contributed by atoms with van der Waals surface area (Å²) in [6, 6.07) is 3.79. The number of allylic oxidation sites excluding steroid dienone is 1. The van der Waals surface area contributed by atoms with E-state index in [9.17, 15) is 0 Å². The molecule has 0 saturated heterocycles. The standard InChI is InChI=1S/C8H6O2S/c1-2-8(9-4-1)7-3-5-10-11-6-7/h1-5,7H. The fourth-order valence-electron chi connectivity index (χ4n) is 0.878. The van der Waals surface area contributed by atoms with E-state index in [4.69, 9.17) is 8.60 Å². The average Bonchev–Trinajstić information content (AvgIpc) is 2.58. The van der Waals surface area contributed by atoms with Crippen molar-refractivity contribution in [3.8, 4) is 0 Å². The van der Waals surface area contributed by atoms with Crippen LogP contribution in [0.2, 0.25) is 0 Å². The maximum Gasteiger partial charge on any atom is 0.112 e. The van der Waals surface area contributed by atoms with Gasteiger partial charge in [-0.1, -0.05) is 0 Å². The van der Waals surface area contributed by atoms with Crippen molar-refractivity contribution >= 4 is 12.0 Å². The predicted octanol–water partition coefficient (Wildman–Crippen LogP) is 2.59. The molecule has 0 spiro atoms. The van der Waals surface area contributed by atoms with Crippen LogP contribution in [0, 0.1) is 5.75 Å². The lowest BCUT2D eigenvalue weighted by Crippen LogP contribution is -1.95. The molecule has 0 aromatic carbocycles. The van der Waals surface area contributed by atoms with Crippen molar-refractivity contribution in [2.45, 2.75) is 5.92 Å². The van der Waals surface area contributed by atoms with Crippen LogP contribution in [0.1, 0.15) is 11.7 Å². The van der Waals surface area contributed by atoms with Crippen LogP contribution in [0.3, 0.4) is 0 Å². The lowest BCUT2D eigenvalue weighted by molar-refractivity contribution is 0.493. The summed E-state index contributed by atoms with van der Waals surface area (Å²) < 4.78 is 10.1. The predicted molar refractivity (Wildman–Crippen MR) is 42.5 cm³/mol. The van der Waals surface area contributed by atoms with Crippen LogP contribution in [0.15, 0.2) is 35.2 Å². The van der Waals surface area contributed by atoms with Crippen molar-refractivity contribution < 1.29 is 8.60 Å². The maximum atomic E-state index is 5.19. The molecule has 0 aliphatic carbocycles. The van der Waals surface area contributed by atoms with Crippen LogP contribution in [-0.4, -0.2) is 0 Å². The summed E-state index contributed by atoms with van der Waals surface area (Å²) >= 11 is 1.20. The molecule has 0 N–H and O–H groups in total. The Kier molecular flexibility index (Phi) is 1.90. The molecular formula is C8H6O2S. The van der Waals surface area contributed by atoms with E-state index in [1.165, 1.54) is 12.0 Å². The van der Waals surface area contributed by atoms with Crippen LogP contribution in [0.4, 0.5) is 0 Å². The van der Waals surface area contributed by atoms with E-state index in [0.29, 0.717) is 0 Å². The molecule has 1 aliphatic rings. The van der Waals surface area contributed by atoms with Crippen molar-refractivity contribution in [2.24, 2.45) is 0 Å². The molecule has 0 bridgehead atoms. The van der Waals surface area contributed by atoms with Crippen molar-refractivity contribution in [2.75, 3.05) is 0 Å². The zero-order valence-electron chi connectivity index (χ0n) is 5.69. The first-order chi connectivity index (χ1) is 5.47. The summed E-state index contributed by atoms with van der Waals surface area (Å²) in [6.45, 7) is 0. The van der Waals surface area contributed by atoms with Crippen LogP contribution in [-0.2, 0) is 4.18 Å². The largest absolute Gasteiger partial charge is 0.469 e. The third-order valence-electron chi connectivity index (χ3n) is 1.40. The molecule has 1 atom stereocenters. The highest BCUT2D eigenvalue weighted by Gasteiger charge is 2.15. The van der Waals surface area contributed by atoms with Gasteiger partial charge in [0.05, 0.1) is 30.5 Å². The Hall–Kier alpha value is -0.830. The van der Waals surface area contributed by atoms with Gasteiger partial charge in [-0.3, -0.25) is 0 Å². The molecule has 2 nitrogen and oxygen atoms in total. The van der Waals surface area contributed by atoms with E-state index >= 15 is 0 Å². The van der Waals surface area contributed by atoms with Gasteiger partial charge < -0.3 is 8.60 Å². The van der Waals surface area contributed by atoms with Crippen molar-refractivity contribution in [3.63, 3.8) is 0 Å². The second-order valence-corrected chi connectivity index (χ2v) is 2.71. The molecule has 2 radical (unpaired) electrons. The van der Waals surface area contributed by atoms with Gasteiger partial charge >= 0.3 is 0 Å². The molecule has 3 heteroatoms. The van der Waals surface area contributed by atoms with Crippen molar-refractivity contribution in [1.82, 2.24) is 0 Å². The highest BCUT2D eigenvalue weighted by atomic mass is 32.2. The van der Waals surface area contributed by atoms with Gasteiger partial charge in [0.2, 0.25) is 0 Å². The Labute approximate surface area is 69.4 Å². The highest BCUT2D eigenvalue weighted by Crippen LogP contribution is 2.31. The Morgan fingerprint density at radius 1 is 1.55 bits per heavy atom. The molecule has 2 rings (SSSR count). The van der Waals surface area contributed by atoms with Gasteiger partial charge in [-0.15, -0.1) is 0 Å². The van der Waals surface area contributed by atoms with Gasteiger partial charge in [-0.2, -0.15) is 0 Å². The van der Waals surface area contributed by atoms with E-state index in [2.05, 4.69) is 5.75 Å². The molecule has 1 aromatic rings. The van der Waals surface area contributed by atoms with E-state index in [1.54, 1.807) is 12.5 Å². The summed E-state index contributed by atoms with van der Waals surface area (Å²) in [5.41, 5.74) is 0. The lowest BCUT2D eigenvalue weighted by Gasteiger charge is -2.10. The van der Waals surface area contributed by atoms with Gasteiger partial charge in [-0.05, 0) is 18.2 Å². The first-order valence-corrected chi connectivity index (χ1v) is 3.99. The molecule has 56 valence electrons. The van der Waals surface area contributed by atoms with E-state index in [1.807, 2.05) is 18.2 Å². The van der Waals surface area contributed by atoms with E-state index in [-0.39, 0.29) is 5.92 Å². The third-order valence-corrected chi connectivity index (χ3v) is 1.96. The minimum atomic E-state index is 0.128. The molecule has 1 aromatic heterocycles. The molecule has 1 unspecified atom stereocenters. The SMILES string of the molecule is [C]1SOC=CC1c1ccco1. The molecule has 0 amide bonds. The van der Waals surface area contributed by atoms with Gasteiger partial charge in [0.1, 0.15) is 11.5 Å². The fourth-order valence-corrected chi connectivity index (χ4v) is 1.35. The van der Waals surface area contributed by atoms with Gasteiger partial charge in [0.15, 0.2) is 0 Å². The summed E-state index contributed by atoms with van der Waals surface area (Å²) in [4.78, 5) is 0. The van der Waals surface area contributed by atoms with Crippen LogP contribution in [0.25, 0.3) is 0 Å². The average molecular weight is 166 g/mol. The Balaban J connectivity index is 2.16. The highest BCUT2D eigenvalue weighted by molar-refractivity contribution is 7.96. The zero-order chi connectivity index (χ0) is 7.52. The Morgan fingerprint density at radius 3 is 3.18 bits per heavy atom. The Morgan fingerprint density at radius 2 is 2.55 bits per heavy atom. The topological polar surface area (TPSA) is 22.4 Å². The Bertz CT molecular complexity index is 241. The van der Waals surface area contributed by atoms with Crippen LogP contribution in [0.5, 0.6) is 0 Å². The molecule has 11 heavy (non-hydrogen) atoms. The zero-order valence-corrected chi connectivity index (χ0v) is 6.51. The first kappa shape index (κ1) is 6.85. The molecule has 0 saturated carbocycles. The normalized spacial score (nSPS) is 23.1. The van der Waals surface area contributed by atoms with Gasteiger partial charge in [0, 0.05) is 0 Å². The maximum absolute atomic E-state index is 5.19. The quantitative estimate of drug-likeness (QED) is 0.599. The van der Waals surface area contributed by atoms with E-state index < -0.39 is 0 Å². The van der Waals surface area contributed by atoms with Crippen molar-refractivity contribution in [3.05, 3.63) is 42.2 Å². The monoisotopic (exact) mass is 166 g/mol. The minimum absolute atomic E-state index is 0.128. The number of rotatable bonds is 1. The summed E-state index contributed by atoms with van der Waals surface area (Å²) in [5.74, 6) is 4.06. The molecular weight excluding hydrogens is 160 g/mol. The summed E-state index contributed by atoms with van der Waals surface area (Å²) in [5, 5.41) is 0. The smallest absolute Gasteiger partial charge is 0.112 e. The third kappa shape index (κ3) is 1.43. The van der Waals surface area contributed by atoms with E-state index in [0.717, 1.165) is 5.76 Å². The summed E-state index contributed by atoms with van der Waals surface area (Å²) in [7, 11) is 0. The second-order valence-electron chi connectivity index (χ2n) is 2.12. The minimum Gasteiger partial charge on any atom is -0.469 e. The number of hydrogen-bond acceptors (Lipinski definition) is 3. The molecule has 0 fully saturated rings. The fraction of sp³-hybridized carbons (Fsp3) is 0.125. The lowest BCUT2D eigenvalue weighted by atomic mass is 10.1. The summed E-state index contributed by atoms with van der Waals surface area (Å²) in [6.07, 6.45) is 5.20. The van der Waals surface area contributed by atoms with Crippen LogP contribution >= 0.6 is 12.0 Å². The van der Waals surface area contributed by atoms with Gasteiger partial charge in [-0.25, -0.2) is 0 Å². The molecule has 1 aliphatic heterocycles. The number of furan rings is 1. The van der Waals surface area contributed by atoms with Crippen molar-refractivity contribution in [1.29, 1.82) is 0 Å². The molecule has 2 heterocycles. The number of hydrogen-bond donors (Lipinski definition) is 0. The first-order valence-electron chi connectivity index (χ1n) is 3.25. The second kappa shape index (κ2) is 3.05. The van der Waals surface area contributed by atoms with Gasteiger partial charge in [0.25, 0.3) is 0 Å². The van der Waals surface area contributed by atoms with Crippen LogP contribution < -0.4 is 0 Å².